The molecule has 0 saturated carbocycles. The van der Waals surface area contributed by atoms with E-state index in [0.29, 0.717) is 104 Å². The van der Waals surface area contributed by atoms with Gasteiger partial charge in [-0.3, -0.25) is 43.6 Å². The highest BCUT2D eigenvalue weighted by Crippen LogP contribution is 2.12. The van der Waals surface area contributed by atoms with Gasteiger partial charge < -0.3 is 34.3 Å². The molecule has 2 amide bonds. The molecule has 0 bridgehead atoms. The number of nitrogens with one attached hydrogen (secondary N) is 2. The average Bonchev–Trinajstić information content (AvgIpc) is 3.07. The second-order valence-electron chi connectivity index (χ2n) is 16.9. The van der Waals surface area contributed by atoms with E-state index in [0.717, 1.165) is 0 Å². The van der Waals surface area contributed by atoms with Crippen molar-refractivity contribution in [3.05, 3.63) is 0 Å². The number of rotatable bonds is 22. The molecule has 58 heavy (non-hydrogen) atoms. The van der Waals surface area contributed by atoms with Gasteiger partial charge in [-0.2, -0.15) is 0 Å². The standard InChI is InChI=1S/C38H72N6O13S/c1-11-51-23-24-52-22-12-13-39-35(49)30(29-58-57-56-50)40-31(45)25-41-14-16-42(26-32(46)53-36(2,3)4)18-20-44(28-34(48)55-38(8,9)10)21-19-43(17-15-41)27-33(47)54-37(5,6)7/h30,50H,11-29H2,1-10H3,(H,39,49)(H,40,45)/t30-/m1/s1. The van der Waals surface area contributed by atoms with Crippen LogP contribution in [0.2, 0.25) is 0 Å². The van der Waals surface area contributed by atoms with Gasteiger partial charge in [0.15, 0.2) is 0 Å². The van der Waals surface area contributed by atoms with Gasteiger partial charge in [-0.1, -0.05) is 5.04 Å². The van der Waals surface area contributed by atoms with Gasteiger partial charge in [0.2, 0.25) is 11.8 Å². The van der Waals surface area contributed by atoms with Crippen LogP contribution < -0.4 is 10.6 Å². The maximum Gasteiger partial charge on any atom is 0.320 e. The zero-order chi connectivity index (χ0) is 43.8. The second-order valence-corrected chi connectivity index (χ2v) is 17.6. The van der Waals surface area contributed by atoms with Crippen molar-refractivity contribution in [3.8, 4) is 0 Å². The maximum atomic E-state index is 13.6. The van der Waals surface area contributed by atoms with E-state index in [1.807, 2.05) is 26.5 Å². The molecule has 1 aliphatic heterocycles. The van der Waals surface area contributed by atoms with Gasteiger partial charge in [-0.15, -0.1) is 4.33 Å². The van der Waals surface area contributed by atoms with Crippen LogP contribution in [0.5, 0.6) is 0 Å². The van der Waals surface area contributed by atoms with Crippen molar-refractivity contribution in [1.29, 1.82) is 0 Å². The molecule has 1 saturated heterocycles. The highest BCUT2D eigenvalue weighted by Gasteiger charge is 2.27. The first-order valence-electron chi connectivity index (χ1n) is 20.0. The molecule has 0 aromatic heterocycles. The van der Waals surface area contributed by atoms with Gasteiger partial charge in [0.1, 0.15) is 22.8 Å². The van der Waals surface area contributed by atoms with Gasteiger partial charge in [0.25, 0.3) is 0 Å². The Balaban J connectivity index is 3.23. The van der Waals surface area contributed by atoms with Crippen molar-refractivity contribution < 1.29 is 62.3 Å². The molecule has 1 fully saturated rings. The molecule has 0 unspecified atom stereocenters. The molecule has 1 aliphatic rings. The van der Waals surface area contributed by atoms with Gasteiger partial charge in [0.05, 0.1) is 45.1 Å². The minimum Gasteiger partial charge on any atom is -0.459 e. The van der Waals surface area contributed by atoms with Crippen LogP contribution in [0, 0.1) is 0 Å². The molecule has 19 nitrogen and oxygen atoms in total. The van der Waals surface area contributed by atoms with E-state index in [2.05, 4.69) is 20.0 Å². The lowest BCUT2D eigenvalue weighted by atomic mass is 10.2. The molecule has 0 aromatic rings. The van der Waals surface area contributed by atoms with Crippen molar-refractivity contribution in [3.63, 3.8) is 0 Å². The SMILES string of the molecule is CCOCCOCCCNC(=O)[C@@H](CSOOO)NC(=O)CN1CCN(CC(=O)OC(C)(C)C)CCN(CC(=O)OC(C)(C)C)CCN(CC(=O)OC(C)(C)C)CC1. The Morgan fingerprint density at radius 2 is 1.02 bits per heavy atom. The van der Waals surface area contributed by atoms with E-state index in [1.165, 1.54) is 0 Å². The number of hydrogen-bond acceptors (Lipinski definition) is 18. The first-order valence-corrected chi connectivity index (χ1v) is 20.9. The Morgan fingerprint density at radius 3 is 1.40 bits per heavy atom. The summed E-state index contributed by atoms with van der Waals surface area (Å²) in [6.07, 6.45) is 0.536. The van der Waals surface area contributed by atoms with Crippen LogP contribution in [0.4, 0.5) is 0 Å². The fourth-order valence-corrected chi connectivity index (χ4v) is 5.97. The quantitative estimate of drug-likeness (QED) is 0.0351. The molecule has 1 heterocycles. The zero-order valence-electron chi connectivity index (χ0n) is 36.6. The Hall–Kier alpha value is -2.66. The Kier molecular flexibility index (Phi) is 25.7. The summed E-state index contributed by atoms with van der Waals surface area (Å²) >= 11 is 0.640. The predicted molar refractivity (Wildman–Crippen MR) is 217 cm³/mol. The van der Waals surface area contributed by atoms with Crippen LogP contribution in [0.25, 0.3) is 0 Å². The van der Waals surface area contributed by atoms with Crippen molar-refractivity contribution >= 4 is 41.8 Å². The summed E-state index contributed by atoms with van der Waals surface area (Å²) in [6.45, 7) is 23.1. The number of nitrogens with zero attached hydrogens (tertiary/aromatic N) is 4. The highest BCUT2D eigenvalue weighted by atomic mass is 32.2. The Morgan fingerprint density at radius 1 is 0.621 bits per heavy atom. The minimum atomic E-state index is -1.04. The van der Waals surface area contributed by atoms with Gasteiger partial charge in [-0.05, 0) is 75.7 Å². The summed E-state index contributed by atoms with van der Waals surface area (Å²) in [5, 5.41) is 17.9. The van der Waals surface area contributed by atoms with E-state index in [4.69, 9.17) is 28.9 Å². The highest BCUT2D eigenvalue weighted by molar-refractivity contribution is 7.94. The second kappa shape index (κ2) is 28.0. The first kappa shape index (κ1) is 53.4. The number of hydrogen-bond donors (Lipinski definition) is 3. The third-order valence-corrected chi connectivity index (χ3v) is 8.55. The Labute approximate surface area is 349 Å². The number of ether oxygens (including phenoxy) is 5. The summed E-state index contributed by atoms with van der Waals surface area (Å²) in [6, 6.07) is -1.04. The molecule has 3 N–H and O–H groups in total. The first-order chi connectivity index (χ1) is 27.1. The molecule has 0 radical (unpaired) electrons. The lowest BCUT2D eigenvalue weighted by molar-refractivity contribution is -0.432. The number of carbonyl (C=O) groups excluding carboxylic acids is 5. The molecular weight excluding hydrogens is 781 g/mol. The number of carbonyl (C=O) groups is 5. The van der Waals surface area contributed by atoms with E-state index in [-0.39, 0.29) is 31.9 Å². The van der Waals surface area contributed by atoms with E-state index in [9.17, 15) is 24.0 Å². The Bertz CT molecular complexity index is 1180. The topological polar surface area (TPSA) is 207 Å². The van der Waals surface area contributed by atoms with Crippen LogP contribution in [0.3, 0.4) is 0 Å². The minimum absolute atomic E-state index is 0.00880. The summed E-state index contributed by atoms with van der Waals surface area (Å²) in [7, 11) is 0. The molecule has 0 aromatic carbocycles. The molecule has 1 rings (SSSR count). The molecule has 1 atom stereocenters. The molecule has 0 aliphatic carbocycles. The van der Waals surface area contributed by atoms with E-state index < -0.39 is 52.6 Å². The van der Waals surface area contributed by atoms with Crippen molar-refractivity contribution in [2.24, 2.45) is 0 Å². The fraction of sp³-hybridized carbons (Fsp3) is 0.868. The monoisotopic (exact) mass is 852 g/mol. The van der Waals surface area contributed by atoms with Crippen LogP contribution >= 0.6 is 12.0 Å². The molecule has 20 heteroatoms. The van der Waals surface area contributed by atoms with Gasteiger partial charge >= 0.3 is 17.9 Å². The number of esters is 3. The molecule has 338 valence electrons. The van der Waals surface area contributed by atoms with Crippen LogP contribution in [0.15, 0.2) is 0 Å². The van der Waals surface area contributed by atoms with Crippen LogP contribution in [0.1, 0.15) is 75.7 Å². The summed E-state index contributed by atoms with van der Waals surface area (Å²) in [5.41, 5.74) is -2.06. The molecular formula is C38H72N6O13S. The van der Waals surface area contributed by atoms with E-state index in [1.54, 1.807) is 62.3 Å². The summed E-state index contributed by atoms with van der Waals surface area (Å²) < 4.78 is 32.1. The third kappa shape index (κ3) is 28.7. The normalized spacial score (nSPS) is 16.7. The molecule has 0 spiro atoms. The smallest absolute Gasteiger partial charge is 0.320 e. The zero-order valence-corrected chi connectivity index (χ0v) is 37.4. The third-order valence-electron chi connectivity index (χ3n) is 7.92. The number of amides is 2. The maximum absolute atomic E-state index is 13.6. The van der Waals surface area contributed by atoms with Gasteiger partial charge in [0, 0.05) is 84.2 Å². The lowest BCUT2D eigenvalue weighted by Gasteiger charge is -2.34. The summed E-state index contributed by atoms with van der Waals surface area (Å²) in [4.78, 5) is 73.4. The summed E-state index contributed by atoms with van der Waals surface area (Å²) in [5.74, 6) is -2.22. The van der Waals surface area contributed by atoms with Crippen LogP contribution in [-0.4, -0.2) is 195 Å². The lowest BCUT2D eigenvalue weighted by Crippen LogP contribution is -2.53. The fourth-order valence-electron chi connectivity index (χ4n) is 5.50. The van der Waals surface area contributed by atoms with Crippen molar-refractivity contribution in [2.75, 3.05) is 117 Å². The largest absolute Gasteiger partial charge is 0.459 e. The average molecular weight is 853 g/mol. The van der Waals surface area contributed by atoms with Crippen molar-refractivity contribution in [2.45, 2.75) is 98.5 Å². The van der Waals surface area contributed by atoms with Gasteiger partial charge in [-0.25, -0.2) is 5.26 Å². The predicted octanol–water partition coefficient (Wildman–Crippen LogP) is 1.35. The van der Waals surface area contributed by atoms with E-state index >= 15 is 0 Å². The van der Waals surface area contributed by atoms with Crippen LogP contribution in [-0.2, 0) is 57.0 Å². The van der Waals surface area contributed by atoms with Crippen molar-refractivity contribution in [1.82, 2.24) is 30.2 Å².